The Morgan fingerprint density at radius 2 is 2.00 bits per heavy atom. The SMILES string of the molecule is CN(C)CCNC(=O)COc1ccc(C=O)cc1. The summed E-state index contributed by atoms with van der Waals surface area (Å²) in [7, 11) is 3.88. The van der Waals surface area contributed by atoms with Crippen LogP contribution in [-0.2, 0) is 4.79 Å². The number of carbonyl (C=O) groups excluding carboxylic acids is 2. The third-order valence-corrected chi connectivity index (χ3v) is 2.27. The number of hydrogen-bond donors (Lipinski definition) is 1. The topological polar surface area (TPSA) is 58.6 Å². The lowest BCUT2D eigenvalue weighted by atomic mass is 10.2. The Morgan fingerprint density at radius 1 is 1.33 bits per heavy atom. The third-order valence-electron chi connectivity index (χ3n) is 2.27. The van der Waals surface area contributed by atoms with Gasteiger partial charge in [0, 0.05) is 18.7 Å². The van der Waals surface area contributed by atoms with Crippen LogP contribution in [0.25, 0.3) is 0 Å². The molecule has 1 amide bonds. The number of likely N-dealkylation sites (N-methyl/N-ethyl adjacent to an activating group) is 1. The summed E-state index contributed by atoms with van der Waals surface area (Å²) >= 11 is 0. The lowest BCUT2D eigenvalue weighted by Crippen LogP contribution is -2.34. The number of amides is 1. The normalized spacial score (nSPS) is 10.2. The molecule has 1 rings (SSSR count). The summed E-state index contributed by atoms with van der Waals surface area (Å²) in [5.41, 5.74) is 0.581. The van der Waals surface area contributed by atoms with Gasteiger partial charge in [-0.1, -0.05) is 0 Å². The van der Waals surface area contributed by atoms with Gasteiger partial charge in [-0.05, 0) is 38.4 Å². The smallest absolute Gasteiger partial charge is 0.257 e. The van der Waals surface area contributed by atoms with Crippen LogP contribution in [0.1, 0.15) is 10.4 Å². The second kappa shape index (κ2) is 7.45. The molecule has 5 heteroatoms. The molecule has 0 aliphatic rings. The molecule has 1 aromatic rings. The summed E-state index contributed by atoms with van der Waals surface area (Å²) in [6.07, 6.45) is 0.762. The zero-order chi connectivity index (χ0) is 13.4. The number of rotatable bonds is 7. The fourth-order valence-electron chi connectivity index (χ4n) is 1.26. The minimum absolute atomic E-state index is 0.0200. The molecule has 0 radical (unpaired) electrons. The van der Waals surface area contributed by atoms with Crippen LogP contribution in [0.5, 0.6) is 5.75 Å². The fourth-order valence-corrected chi connectivity index (χ4v) is 1.26. The van der Waals surface area contributed by atoms with E-state index in [-0.39, 0.29) is 12.5 Å². The molecule has 18 heavy (non-hydrogen) atoms. The van der Waals surface area contributed by atoms with E-state index in [2.05, 4.69) is 5.32 Å². The molecule has 0 atom stereocenters. The van der Waals surface area contributed by atoms with Gasteiger partial charge in [-0.3, -0.25) is 9.59 Å². The van der Waals surface area contributed by atoms with Gasteiger partial charge in [-0.15, -0.1) is 0 Å². The van der Waals surface area contributed by atoms with Gasteiger partial charge in [0.25, 0.3) is 5.91 Å². The Kier molecular flexibility index (Phi) is 5.87. The molecule has 0 fully saturated rings. The zero-order valence-corrected chi connectivity index (χ0v) is 10.7. The highest BCUT2D eigenvalue weighted by molar-refractivity contribution is 5.77. The molecule has 5 nitrogen and oxygen atoms in total. The number of nitrogens with one attached hydrogen (secondary N) is 1. The van der Waals surface area contributed by atoms with E-state index >= 15 is 0 Å². The fraction of sp³-hybridized carbons (Fsp3) is 0.385. The van der Waals surface area contributed by atoms with Crippen molar-refractivity contribution >= 4 is 12.2 Å². The minimum Gasteiger partial charge on any atom is -0.484 e. The number of nitrogens with zero attached hydrogens (tertiary/aromatic N) is 1. The van der Waals surface area contributed by atoms with Crippen LogP contribution in [0, 0.1) is 0 Å². The molecule has 0 unspecified atom stereocenters. The molecular formula is C13H18N2O3. The van der Waals surface area contributed by atoms with Crippen LogP contribution >= 0.6 is 0 Å². The van der Waals surface area contributed by atoms with E-state index in [4.69, 9.17) is 4.74 Å². The number of aldehydes is 1. The first-order chi connectivity index (χ1) is 8.61. The first-order valence-electron chi connectivity index (χ1n) is 5.71. The predicted octanol–water partition coefficient (Wildman–Crippen LogP) is 0.556. The maximum atomic E-state index is 11.4. The number of hydrogen-bond acceptors (Lipinski definition) is 4. The van der Waals surface area contributed by atoms with E-state index in [9.17, 15) is 9.59 Å². The Bertz CT molecular complexity index is 388. The standard InChI is InChI=1S/C13H18N2O3/c1-15(2)8-7-14-13(17)10-18-12-5-3-11(9-16)4-6-12/h3-6,9H,7-8,10H2,1-2H3,(H,14,17). The maximum Gasteiger partial charge on any atom is 0.257 e. The van der Waals surface area contributed by atoms with E-state index in [1.54, 1.807) is 24.3 Å². The lowest BCUT2D eigenvalue weighted by Gasteiger charge is -2.11. The number of ether oxygens (including phenoxy) is 1. The van der Waals surface area contributed by atoms with Crippen LogP contribution in [0.15, 0.2) is 24.3 Å². The molecule has 0 aromatic heterocycles. The average molecular weight is 250 g/mol. The van der Waals surface area contributed by atoms with Gasteiger partial charge >= 0.3 is 0 Å². The molecule has 0 spiro atoms. The summed E-state index contributed by atoms with van der Waals surface area (Å²) in [6, 6.07) is 6.62. The third kappa shape index (κ3) is 5.45. The van der Waals surface area contributed by atoms with Crippen molar-refractivity contribution in [3.63, 3.8) is 0 Å². The van der Waals surface area contributed by atoms with Crippen molar-refractivity contribution in [3.05, 3.63) is 29.8 Å². The second-order valence-corrected chi connectivity index (χ2v) is 4.13. The van der Waals surface area contributed by atoms with Crippen LogP contribution in [0.2, 0.25) is 0 Å². The summed E-state index contributed by atoms with van der Waals surface area (Å²) in [5, 5.41) is 2.75. The van der Waals surface area contributed by atoms with Crippen molar-refractivity contribution in [2.75, 3.05) is 33.8 Å². The van der Waals surface area contributed by atoms with Gasteiger partial charge in [0.1, 0.15) is 12.0 Å². The monoisotopic (exact) mass is 250 g/mol. The Morgan fingerprint density at radius 3 is 2.56 bits per heavy atom. The maximum absolute atomic E-state index is 11.4. The van der Waals surface area contributed by atoms with Crippen molar-refractivity contribution in [2.45, 2.75) is 0 Å². The second-order valence-electron chi connectivity index (χ2n) is 4.13. The molecule has 0 heterocycles. The largest absolute Gasteiger partial charge is 0.484 e. The van der Waals surface area contributed by atoms with Crippen LogP contribution in [0.3, 0.4) is 0 Å². The van der Waals surface area contributed by atoms with Gasteiger partial charge in [0.15, 0.2) is 6.61 Å². The zero-order valence-electron chi connectivity index (χ0n) is 10.7. The summed E-state index contributed by atoms with van der Waals surface area (Å²) < 4.78 is 5.28. The van der Waals surface area contributed by atoms with Gasteiger partial charge in [-0.25, -0.2) is 0 Å². The van der Waals surface area contributed by atoms with E-state index in [0.29, 0.717) is 17.9 Å². The predicted molar refractivity (Wildman–Crippen MR) is 68.9 cm³/mol. The molecular weight excluding hydrogens is 232 g/mol. The van der Waals surface area contributed by atoms with Crippen LogP contribution in [-0.4, -0.2) is 50.9 Å². The number of carbonyl (C=O) groups is 2. The van der Waals surface area contributed by atoms with Crippen molar-refractivity contribution in [1.29, 1.82) is 0 Å². The van der Waals surface area contributed by atoms with Gasteiger partial charge in [0.2, 0.25) is 0 Å². The Labute approximate surface area is 107 Å². The molecule has 0 bridgehead atoms. The first-order valence-corrected chi connectivity index (χ1v) is 5.71. The van der Waals surface area contributed by atoms with Gasteiger partial charge in [-0.2, -0.15) is 0 Å². The van der Waals surface area contributed by atoms with Gasteiger partial charge in [0.05, 0.1) is 0 Å². The van der Waals surface area contributed by atoms with Gasteiger partial charge < -0.3 is 15.0 Å². The van der Waals surface area contributed by atoms with E-state index in [1.165, 1.54) is 0 Å². The summed E-state index contributed by atoms with van der Waals surface area (Å²) in [5.74, 6) is 0.416. The van der Waals surface area contributed by atoms with Crippen molar-refractivity contribution in [1.82, 2.24) is 10.2 Å². The Hall–Kier alpha value is -1.88. The van der Waals surface area contributed by atoms with E-state index in [0.717, 1.165) is 12.8 Å². The summed E-state index contributed by atoms with van der Waals surface area (Å²) in [6.45, 7) is 1.37. The first kappa shape index (κ1) is 14.2. The van der Waals surface area contributed by atoms with Crippen molar-refractivity contribution < 1.29 is 14.3 Å². The Balaban J connectivity index is 2.26. The van der Waals surface area contributed by atoms with E-state index < -0.39 is 0 Å². The van der Waals surface area contributed by atoms with Crippen molar-refractivity contribution in [3.8, 4) is 5.75 Å². The molecule has 1 aromatic carbocycles. The molecule has 0 saturated carbocycles. The quantitative estimate of drug-likeness (QED) is 0.718. The van der Waals surface area contributed by atoms with Crippen molar-refractivity contribution in [2.24, 2.45) is 0 Å². The molecule has 0 aliphatic heterocycles. The molecule has 1 N–H and O–H groups in total. The lowest BCUT2D eigenvalue weighted by molar-refractivity contribution is -0.123. The molecule has 98 valence electrons. The highest BCUT2D eigenvalue weighted by Crippen LogP contribution is 2.10. The highest BCUT2D eigenvalue weighted by atomic mass is 16.5. The summed E-state index contributed by atoms with van der Waals surface area (Å²) in [4.78, 5) is 23.8. The average Bonchev–Trinajstić information content (AvgIpc) is 2.36. The molecule has 0 aliphatic carbocycles. The van der Waals surface area contributed by atoms with Crippen LogP contribution < -0.4 is 10.1 Å². The van der Waals surface area contributed by atoms with Crippen LogP contribution in [0.4, 0.5) is 0 Å². The van der Waals surface area contributed by atoms with E-state index in [1.807, 2.05) is 19.0 Å². The number of benzene rings is 1. The molecule has 0 saturated heterocycles. The minimum atomic E-state index is -0.156. The highest BCUT2D eigenvalue weighted by Gasteiger charge is 2.02.